The second-order valence-corrected chi connectivity index (χ2v) is 10.8. The van der Waals surface area contributed by atoms with Gasteiger partial charge in [0.25, 0.3) is 5.69 Å². The van der Waals surface area contributed by atoms with Crippen LogP contribution in [0.3, 0.4) is 0 Å². The number of nitro benzene ring substituents is 1. The fourth-order valence-corrected chi connectivity index (χ4v) is 6.42. The van der Waals surface area contributed by atoms with Gasteiger partial charge in [0.1, 0.15) is 0 Å². The van der Waals surface area contributed by atoms with Crippen molar-refractivity contribution in [3.63, 3.8) is 0 Å². The van der Waals surface area contributed by atoms with Gasteiger partial charge in [-0.2, -0.15) is 4.31 Å². The molecule has 5 rings (SSSR count). The summed E-state index contributed by atoms with van der Waals surface area (Å²) in [5, 5.41) is 11.0. The number of fused-ring (bicyclic) bond motifs is 5. The van der Waals surface area contributed by atoms with Crippen LogP contribution in [0.5, 0.6) is 17.2 Å². The number of ether oxygens (including phenoxy) is 4. The summed E-state index contributed by atoms with van der Waals surface area (Å²) in [6.07, 6.45) is -0.284. The van der Waals surface area contributed by atoms with Crippen LogP contribution >= 0.6 is 0 Å². The number of non-ortho nitro benzene ring substituents is 1. The van der Waals surface area contributed by atoms with Gasteiger partial charge in [-0.1, -0.05) is 12.1 Å². The van der Waals surface area contributed by atoms with Gasteiger partial charge >= 0.3 is 0 Å². The molecular weight excluding hydrogens is 500 g/mol. The Hall–Kier alpha value is -3.67. The molecule has 0 fully saturated rings. The summed E-state index contributed by atoms with van der Waals surface area (Å²) in [4.78, 5) is 10.4. The number of sulfonamides is 1. The van der Waals surface area contributed by atoms with Crippen molar-refractivity contribution in [3.05, 3.63) is 74.8 Å². The fourth-order valence-electron chi connectivity index (χ4n) is 5.04. The highest BCUT2D eigenvalue weighted by molar-refractivity contribution is 7.89. The van der Waals surface area contributed by atoms with E-state index in [1.165, 1.54) is 28.6 Å². The van der Waals surface area contributed by atoms with Crippen molar-refractivity contribution in [1.29, 1.82) is 0 Å². The van der Waals surface area contributed by atoms with E-state index in [9.17, 15) is 18.5 Å². The van der Waals surface area contributed by atoms with Crippen molar-refractivity contribution >= 4 is 15.7 Å². The van der Waals surface area contributed by atoms with Gasteiger partial charge in [-0.3, -0.25) is 10.1 Å². The summed E-state index contributed by atoms with van der Waals surface area (Å²) < 4.78 is 51.3. The third-order valence-electron chi connectivity index (χ3n) is 6.94. The van der Waals surface area contributed by atoms with E-state index in [-0.39, 0.29) is 36.4 Å². The number of nitrogens with zero attached hydrogens (tertiary/aromatic N) is 2. The molecule has 0 bridgehead atoms. The zero-order valence-corrected chi connectivity index (χ0v) is 21.6. The number of nitro groups is 1. The van der Waals surface area contributed by atoms with Gasteiger partial charge in [-0.15, -0.1) is 0 Å². The van der Waals surface area contributed by atoms with E-state index in [2.05, 4.69) is 0 Å². The Morgan fingerprint density at radius 1 is 0.973 bits per heavy atom. The minimum atomic E-state index is -3.88. The third-order valence-corrected chi connectivity index (χ3v) is 8.75. The molecular formula is C26H26N2O8S. The topological polar surface area (TPSA) is 117 Å². The first kappa shape index (κ1) is 25.0. The van der Waals surface area contributed by atoms with Gasteiger partial charge in [0.05, 0.1) is 43.9 Å². The molecule has 2 heterocycles. The van der Waals surface area contributed by atoms with Crippen LogP contribution in [0.15, 0.2) is 47.4 Å². The van der Waals surface area contributed by atoms with Crippen LogP contribution in [0.4, 0.5) is 5.69 Å². The zero-order valence-electron chi connectivity index (χ0n) is 20.8. The van der Waals surface area contributed by atoms with E-state index in [0.717, 1.165) is 33.4 Å². The zero-order chi connectivity index (χ0) is 26.5. The maximum absolute atomic E-state index is 13.4. The molecule has 0 spiro atoms. The molecule has 194 valence electrons. The molecule has 2 aliphatic heterocycles. The van der Waals surface area contributed by atoms with Crippen LogP contribution in [0.2, 0.25) is 0 Å². The van der Waals surface area contributed by atoms with Gasteiger partial charge in [0.15, 0.2) is 11.5 Å². The van der Waals surface area contributed by atoms with Crippen LogP contribution in [0, 0.1) is 10.1 Å². The maximum Gasteiger partial charge on any atom is 0.269 e. The lowest BCUT2D eigenvalue weighted by molar-refractivity contribution is -0.384. The van der Waals surface area contributed by atoms with Crippen molar-refractivity contribution < 1.29 is 32.3 Å². The van der Waals surface area contributed by atoms with Crippen LogP contribution in [-0.4, -0.2) is 39.0 Å². The van der Waals surface area contributed by atoms with Gasteiger partial charge in [0.2, 0.25) is 15.8 Å². The molecule has 0 amide bonds. The average Bonchev–Trinajstić information content (AvgIpc) is 3.30. The summed E-state index contributed by atoms with van der Waals surface area (Å²) >= 11 is 0. The third kappa shape index (κ3) is 3.99. The first-order valence-electron chi connectivity index (χ1n) is 11.5. The minimum absolute atomic E-state index is 0.00529. The molecule has 0 N–H and O–H groups in total. The Morgan fingerprint density at radius 2 is 1.68 bits per heavy atom. The van der Waals surface area contributed by atoms with Gasteiger partial charge < -0.3 is 18.9 Å². The predicted molar refractivity (Wildman–Crippen MR) is 134 cm³/mol. The molecule has 3 aromatic carbocycles. The molecule has 3 aromatic rings. The van der Waals surface area contributed by atoms with Crippen LogP contribution < -0.4 is 14.2 Å². The summed E-state index contributed by atoms with van der Waals surface area (Å²) in [6, 6.07) is 10.7. The lowest BCUT2D eigenvalue weighted by atomic mass is 9.89. The van der Waals surface area contributed by atoms with Crippen molar-refractivity contribution in [2.24, 2.45) is 0 Å². The number of benzene rings is 3. The lowest BCUT2D eigenvalue weighted by Gasteiger charge is -2.21. The largest absolute Gasteiger partial charge is 0.493 e. The molecule has 11 heteroatoms. The van der Waals surface area contributed by atoms with Crippen LogP contribution in [0.1, 0.15) is 35.3 Å². The molecule has 0 saturated heterocycles. The standard InChI is InChI=1S/C26H26N2O8S/c1-15-20-11-23(33-2)25(34-3)26(35-4)24(20)19-10-5-16-12-27(13-21(16)22(19)14-36-15)37(31,32)18-8-6-17(7-9-18)28(29)30/h5-11,15H,12-14H2,1-4H3/t15-/m0/s1. The first-order valence-corrected chi connectivity index (χ1v) is 13.0. The SMILES string of the molecule is COc1cc2c(c(OC)c1OC)-c1ccc3c(c1CO[C@H]2C)CN(S(=O)(=O)c1ccc([N+](=O)[O-])cc1)C3. The van der Waals surface area contributed by atoms with E-state index in [1.807, 2.05) is 25.1 Å². The summed E-state index contributed by atoms with van der Waals surface area (Å²) in [6.45, 7) is 2.57. The molecule has 0 radical (unpaired) electrons. The molecule has 0 aromatic heterocycles. The maximum atomic E-state index is 13.4. The Bertz CT molecular complexity index is 1500. The van der Waals surface area contributed by atoms with Crippen molar-refractivity contribution in [2.45, 2.75) is 37.6 Å². The van der Waals surface area contributed by atoms with E-state index in [0.29, 0.717) is 17.2 Å². The predicted octanol–water partition coefficient (Wildman–Crippen LogP) is 4.58. The highest BCUT2D eigenvalue weighted by atomic mass is 32.2. The number of hydrogen-bond acceptors (Lipinski definition) is 8. The average molecular weight is 527 g/mol. The van der Waals surface area contributed by atoms with Crippen molar-refractivity contribution in [1.82, 2.24) is 4.31 Å². The first-order chi connectivity index (χ1) is 17.7. The molecule has 37 heavy (non-hydrogen) atoms. The number of hydrogen-bond donors (Lipinski definition) is 0. The van der Waals surface area contributed by atoms with Crippen molar-refractivity contribution in [3.8, 4) is 28.4 Å². The molecule has 1 atom stereocenters. The van der Waals surface area contributed by atoms with Gasteiger partial charge in [-0.05, 0) is 52.9 Å². The Labute approximate surface area is 214 Å². The van der Waals surface area contributed by atoms with Crippen molar-refractivity contribution in [2.75, 3.05) is 21.3 Å². The molecule has 0 aliphatic carbocycles. The summed E-state index contributed by atoms with van der Waals surface area (Å²) in [7, 11) is 0.801. The van der Waals surface area contributed by atoms with Gasteiger partial charge in [-0.25, -0.2) is 8.42 Å². The Kier molecular flexibility index (Phi) is 6.30. The molecule has 0 saturated carbocycles. The monoisotopic (exact) mass is 526 g/mol. The van der Waals surface area contributed by atoms with E-state index in [1.54, 1.807) is 21.3 Å². The number of rotatable bonds is 6. The summed E-state index contributed by atoms with van der Waals surface area (Å²) in [5.41, 5.74) is 5.05. The van der Waals surface area contributed by atoms with E-state index >= 15 is 0 Å². The molecule has 2 aliphatic rings. The normalized spacial score (nSPS) is 16.8. The van der Waals surface area contributed by atoms with E-state index in [4.69, 9.17) is 18.9 Å². The van der Waals surface area contributed by atoms with Crippen LogP contribution in [-0.2, 0) is 34.5 Å². The van der Waals surface area contributed by atoms with Crippen LogP contribution in [0.25, 0.3) is 11.1 Å². The quantitative estimate of drug-likeness (QED) is 0.338. The Balaban J connectivity index is 1.60. The lowest BCUT2D eigenvalue weighted by Crippen LogP contribution is -2.25. The molecule has 0 unspecified atom stereocenters. The minimum Gasteiger partial charge on any atom is -0.493 e. The summed E-state index contributed by atoms with van der Waals surface area (Å²) in [5.74, 6) is 1.51. The fraction of sp³-hybridized carbons (Fsp3) is 0.308. The Morgan fingerprint density at radius 3 is 2.30 bits per heavy atom. The highest BCUT2D eigenvalue weighted by Crippen LogP contribution is 2.52. The van der Waals surface area contributed by atoms with Gasteiger partial charge in [0, 0.05) is 30.8 Å². The second-order valence-electron chi connectivity index (χ2n) is 8.82. The highest BCUT2D eigenvalue weighted by Gasteiger charge is 2.36. The number of methoxy groups -OCH3 is 3. The molecule has 10 nitrogen and oxygen atoms in total. The van der Waals surface area contributed by atoms with E-state index < -0.39 is 14.9 Å². The second kappa shape index (κ2) is 9.33. The smallest absolute Gasteiger partial charge is 0.269 e.